The third-order valence-electron chi connectivity index (χ3n) is 4.62. The highest BCUT2D eigenvalue weighted by Gasteiger charge is 2.20. The molecule has 3 heterocycles. The molecule has 0 saturated carbocycles. The molecule has 4 rings (SSSR count). The number of aryl methyl sites for hydroxylation is 1. The van der Waals surface area contributed by atoms with Crippen molar-refractivity contribution in [2.24, 2.45) is 0 Å². The Bertz CT molecular complexity index is 1230. The number of fused-ring (bicyclic) bond motifs is 1. The Hall–Kier alpha value is -3.43. The maximum Gasteiger partial charge on any atom is 0.261 e. The number of halogens is 1. The van der Waals surface area contributed by atoms with Gasteiger partial charge in [-0.05, 0) is 30.7 Å². The molecule has 0 aliphatic rings. The van der Waals surface area contributed by atoms with Crippen molar-refractivity contribution in [1.29, 1.82) is 0 Å². The van der Waals surface area contributed by atoms with Crippen molar-refractivity contribution in [2.45, 2.75) is 13.5 Å². The molecule has 30 heavy (non-hydrogen) atoms. The van der Waals surface area contributed by atoms with Crippen LogP contribution in [0.1, 0.15) is 15.9 Å². The number of aromatic nitrogens is 5. The monoisotopic (exact) mass is 425 g/mol. The van der Waals surface area contributed by atoms with Crippen LogP contribution in [-0.2, 0) is 11.3 Å². The van der Waals surface area contributed by atoms with Crippen LogP contribution >= 0.6 is 11.6 Å². The summed E-state index contributed by atoms with van der Waals surface area (Å²) in [6.07, 6.45) is 4.87. The lowest BCUT2D eigenvalue weighted by molar-refractivity contribution is 0.102. The summed E-state index contributed by atoms with van der Waals surface area (Å²) in [6.45, 7) is 2.98. The summed E-state index contributed by atoms with van der Waals surface area (Å²) in [4.78, 5) is 17.2. The molecule has 0 bridgehead atoms. The average molecular weight is 426 g/mol. The predicted octanol–water partition coefficient (Wildman–Crippen LogP) is 3.04. The SMILES string of the molecule is COCCn1cc(NC(=O)c2cnn3ccc(N)nc23)c(-c2cc(Cl)ccc2C)n1. The molecule has 154 valence electrons. The lowest BCUT2D eigenvalue weighted by Gasteiger charge is -2.07. The molecular weight excluding hydrogens is 406 g/mol. The van der Waals surface area contributed by atoms with Crippen molar-refractivity contribution in [3.05, 3.63) is 59.0 Å². The van der Waals surface area contributed by atoms with Crippen LogP contribution in [0.4, 0.5) is 11.5 Å². The number of ether oxygens (including phenoxy) is 1. The van der Waals surface area contributed by atoms with Gasteiger partial charge < -0.3 is 15.8 Å². The quantitative estimate of drug-likeness (QED) is 0.491. The lowest BCUT2D eigenvalue weighted by Crippen LogP contribution is -2.12. The van der Waals surface area contributed by atoms with E-state index in [0.717, 1.165) is 11.1 Å². The summed E-state index contributed by atoms with van der Waals surface area (Å²) in [5.41, 5.74) is 9.42. The van der Waals surface area contributed by atoms with Crippen LogP contribution < -0.4 is 11.1 Å². The van der Waals surface area contributed by atoms with Gasteiger partial charge in [-0.1, -0.05) is 17.7 Å². The molecule has 1 aromatic carbocycles. The molecule has 0 aliphatic carbocycles. The number of hydrogen-bond acceptors (Lipinski definition) is 6. The molecule has 4 aromatic rings. The molecule has 3 aromatic heterocycles. The molecule has 3 N–H and O–H groups in total. The standard InChI is InChI=1S/C20H20ClN7O2/c1-12-3-4-13(21)9-14(12)18-16(11-27(26-18)7-8-30-2)24-20(29)15-10-23-28-6-5-17(22)25-19(15)28/h3-6,9-11H,7-8H2,1-2H3,(H2,22,25)(H,24,29). The summed E-state index contributed by atoms with van der Waals surface area (Å²) in [5, 5.41) is 12.3. The van der Waals surface area contributed by atoms with Gasteiger partial charge in [-0.15, -0.1) is 0 Å². The van der Waals surface area contributed by atoms with Crippen molar-refractivity contribution in [2.75, 3.05) is 24.8 Å². The van der Waals surface area contributed by atoms with E-state index in [0.29, 0.717) is 46.6 Å². The topological polar surface area (TPSA) is 112 Å². The Kier molecular flexibility index (Phi) is 5.39. The summed E-state index contributed by atoms with van der Waals surface area (Å²) in [6, 6.07) is 7.17. The van der Waals surface area contributed by atoms with Crippen molar-refractivity contribution >= 4 is 34.7 Å². The summed E-state index contributed by atoms with van der Waals surface area (Å²) in [7, 11) is 1.62. The molecule has 0 radical (unpaired) electrons. The molecule has 10 heteroatoms. The molecule has 0 fully saturated rings. The average Bonchev–Trinajstić information content (AvgIpc) is 3.31. The minimum absolute atomic E-state index is 0.305. The van der Waals surface area contributed by atoms with Crippen LogP contribution in [0.3, 0.4) is 0 Å². The largest absolute Gasteiger partial charge is 0.384 e. The van der Waals surface area contributed by atoms with Gasteiger partial charge in [0.05, 0.1) is 25.0 Å². The van der Waals surface area contributed by atoms with Gasteiger partial charge in [-0.25, -0.2) is 9.50 Å². The Labute approximate surface area is 177 Å². The van der Waals surface area contributed by atoms with E-state index in [2.05, 4.69) is 20.5 Å². The number of carbonyl (C=O) groups excluding carboxylic acids is 1. The maximum absolute atomic E-state index is 13.0. The van der Waals surface area contributed by atoms with Gasteiger partial charge in [0.1, 0.15) is 17.1 Å². The van der Waals surface area contributed by atoms with Crippen molar-refractivity contribution in [3.63, 3.8) is 0 Å². The molecule has 0 spiro atoms. The highest BCUT2D eigenvalue weighted by molar-refractivity contribution is 6.31. The van der Waals surface area contributed by atoms with Crippen LogP contribution in [0, 0.1) is 6.92 Å². The van der Waals surface area contributed by atoms with Gasteiger partial charge in [-0.2, -0.15) is 10.2 Å². The molecule has 0 aliphatic heterocycles. The number of methoxy groups -OCH3 is 1. The van der Waals surface area contributed by atoms with Crippen molar-refractivity contribution in [3.8, 4) is 11.3 Å². The highest BCUT2D eigenvalue weighted by atomic mass is 35.5. The maximum atomic E-state index is 13.0. The number of nitrogen functional groups attached to an aromatic ring is 1. The third kappa shape index (κ3) is 3.85. The number of carbonyl (C=O) groups is 1. The Morgan fingerprint density at radius 3 is 2.97 bits per heavy atom. The molecule has 1 amide bonds. The smallest absolute Gasteiger partial charge is 0.261 e. The number of amides is 1. The molecule has 0 unspecified atom stereocenters. The van der Waals surface area contributed by atoms with Gasteiger partial charge in [0.2, 0.25) is 0 Å². The van der Waals surface area contributed by atoms with Crippen molar-refractivity contribution < 1.29 is 9.53 Å². The number of benzene rings is 1. The lowest BCUT2D eigenvalue weighted by atomic mass is 10.1. The van der Waals surface area contributed by atoms with E-state index in [1.807, 2.05) is 25.1 Å². The number of nitrogens with zero attached hydrogens (tertiary/aromatic N) is 5. The molecule has 0 atom stereocenters. The van der Waals surface area contributed by atoms with E-state index < -0.39 is 0 Å². The first-order chi connectivity index (χ1) is 14.5. The van der Waals surface area contributed by atoms with E-state index in [1.54, 1.807) is 30.3 Å². The zero-order chi connectivity index (χ0) is 21.3. The number of nitrogens with two attached hydrogens (primary N) is 1. The third-order valence-corrected chi connectivity index (χ3v) is 4.86. The van der Waals surface area contributed by atoms with E-state index in [1.165, 1.54) is 10.7 Å². The number of hydrogen-bond donors (Lipinski definition) is 2. The Morgan fingerprint density at radius 1 is 1.33 bits per heavy atom. The van der Waals surface area contributed by atoms with E-state index in [4.69, 9.17) is 22.1 Å². The summed E-state index contributed by atoms with van der Waals surface area (Å²) < 4.78 is 8.36. The summed E-state index contributed by atoms with van der Waals surface area (Å²) in [5.74, 6) is -0.0602. The van der Waals surface area contributed by atoms with Crippen LogP contribution in [-0.4, -0.2) is 44.0 Å². The van der Waals surface area contributed by atoms with E-state index in [9.17, 15) is 4.79 Å². The predicted molar refractivity (Wildman–Crippen MR) is 115 cm³/mol. The minimum atomic E-state index is -0.365. The fourth-order valence-electron chi connectivity index (χ4n) is 3.09. The zero-order valence-corrected chi connectivity index (χ0v) is 17.2. The van der Waals surface area contributed by atoms with Gasteiger partial charge in [0, 0.05) is 30.1 Å². The van der Waals surface area contributed by atoms with Crippen LogP contribution in [0.15, 0.2) is 42.9 Å². The van der Waals surface area contributed by atoms with Crippen LogP contribution in [0.25, 0.3) is 16.9 Å². The second kappa shape index (κ2) is 8.13. The first-order valence-electron chi connectivity index (χ1n) is 9.20. The molecular formula is C20H20ClN7O2. The van der Waals surface area contributed by atoms with E-state index >= 15 is 0 Å². The second-order valence-corrected chi connectivity index (χ2v) is 7.18. The van der Waals surface area contributed by atoms with Gasteiger partial charge in [-0.3, -0.25) is 9.48 Å². The first-order valence-corrected chi connectivity index (χ1v) is 9.58. The van der Waals surface area contributed by atoms with Crippen LogP contribution in [0.5, 0.6) is 0 Å². The second-order valence-electron chi connectivity index (χ2n) is 6.74. The first kappa shape index (κ1) is 19.9. The van der Waals surface area contributed by atoms with Crippen molar-refractivity contribution in [1.82, 2.24) is 24.4 Å². The molecule has 9 nitrogen and oxygen atoms in total. The number of rotatable bonds is 6. The van der Waals surface area contributed by atoms with E-state index in [-0.39, 0.29) is 5.91 Å². The minimum Gasteiger partial charge on any atom is -0.384 e. The fourth-order valence-corrected chi connectivity index (χ4v) is 3.27. The fraction of sp³-hybridized carbons (Fsp3) is 0.200. The Balaban J connectivity index is 1.73. The highest BCUT2D eigenvalue weighted by Crippen LogP contribution is 2.31. The Morgan fingerprint density at radius 2 is 2.17 bits per heavy atom. The van der Waals surface area contributed by atoms with Crippen LogP contribution in [0.2, 0.25) is 5.02 Å². The zero-order valence-electron chi connectivity index (χ0n) is 16.5. The normalized spacial score (nSPS) is 11.2. The number of anilines is 2. The molecule has 0 saturated heterocycles. The van der Waals surface area contributed by atoms with Gasteiger partial charge in [0.25, 0.3) is 5.91 Å². The summed E-state index contributed by atoms with van der Waals surface area (Å²) >= 11 is 6.20. The number of nitrogens with one attached hydrogen (secondary N) is 1. The van der Waals surface area contributed by atoms with Gasteiger partial charge >= 0.3 is 0 Å². The van der Waals surface area contributed by atoms with Gasteiger partial charge in [0.15, 0.2) is 5.65 Å².